The number of rotatable bonds is 2. The largest absolute Gasteiger partial charge is 0.451 e. The molecule has 0 fully saturated rings. The molecule has 0 aliphatic carbocycles. The van der Waals surface area contributed by atoms with Crippen molar-refractivity contribution in [2.75, 3.05) is 12.5 Å². The van der Waals surface area contributed by atoms with Crippen LogP contribution in [0.5, 0.6) is 0 Å². The molecule has 0 atom stereocenters. The van der Waals surface area contributed by atoms with Crippen LogP contribution in [0.3, 0.4) is 0 Å². The summed E-state index contributed by atoms with van der Waals surface area (Å²) in [5.74, 6) is 0.173. The maximum atomic E-state index is 11.6. The summed E-state index contributed by atoms with van der Waals surface area (Å²) < 4.78 is 5.26. The second-order valence-electron chi connectivity index (χ2n) is 3.86. The molecule has 1 aliphatic heterocycles. The van der Waals surface area contributed by atoms with E-state index >= 15 is 0 Å². The summed E-state index contributed by atoms with van der Waals surface area (Å²) in [5.41, 5.74) is 6.36. The van der Waals surface area contributed by atoms with E-state index in [0.717, 1.165) is 5.56 Å². The molecular weight excluding hydrogens is 194 g/mol. The van der Waals surface area contributed by atoms with Crippen molar-refractivity contribution in [1.29, 1.82) is 0 Å². The Hall–Kier alpha value is -1.62. The van der Waals surface area contributed by atoms with Gasteiger partial charge in [-0.2, -0.15) is 0 Å². The fraction of sp³-hybridized carbons (Fsp3) is 0.400. The summed E-state index contributed by atoms with van der Waals surface area (Å²) in [7, 11) is 1.71. The lowest BCUT2D eigenvalue weighted by Crippen LogP contribution is -2.18. The summed E-state index contributed by atoms with van der Waals surface area (Å²) in [5, 5.41) is 0. The zero-order valence-electron chi connectivity index (χ0n) is 8.92. The maximum Gasteiger partial charge on any atom is 0.343 e. The van der Waals surface area contributed by atoms with Gasteiger partial charge in [0.25, 0.3) is 0 Å². The monoisotopic (exact) mass is 207 g/mol. The van der Waals surface area contributed by atoms with Gasteiger partial charge in [-0.15, -0.1) is 0 Å². The van der Waals surface area contributed by atoms with Crippen LogP contribution in [0.15, 0.2) is 12.3 Å². The molecule has 1 aliphatic rings. The fourth-order valence-corrected chi connectivity index (χ4v) is 1.72. The Morgan fingerprint density at radius 3 is 2.87 bits per heavy atom. The molecule has 5 heteroatoms. The predicted octanol–water partition coefficient (Wildman–Crippen LogP) is 1.03. The standard InChI is InChI=1S/C10H13N3O2/c1-10(2)6-4-5-12-8(13-11-3)7(6)9(14)15-10/h4-5,11H,1-3H3,(H,12,13). The Bertz CT molecular complexity index is 415. The number of hydrogen-bond donors (Lipinski definition) is 2. The molecule has 0 radical (unpaired) electrons. The first-order valence-electron chi connectivity index (χ1n) is 4.72. The van der Waals surface area contributed by atoms with E-state index in [9.17, 15) is 4.79 Å². The number of ether oxygens (including phenoxy) is 1. The molecule has 1 aromatic heterocycles. The minimum Gasteiger partial charge on any atom is -0.451 e. The number of nitrogens with zero attached hydrogens (tertiary/aromatic N) is 1. The van der Waals surface area contributed by atoms with Gasteiger partial charge in [-0.1, -0.05) is 0 Å². The van der Waals surface area contributed by atoms with Gasteiger partial charge in [-0.05, 0) is 19.9 Å². The molecule has 0 amide bonds. The van der Waals surface area contributed by atoms with Crippen LogP contribution in [0.2, 0.25) is 0 Å². The molecule has 1 aromatic rings. The summed E-state index contributed by atoms with van der Waals surface area (Å²) in [6, 6.07) is 1.81. The van der Waals surface area contributed by atoms with Crippen molar-refractivity contribution in [3.8, 4) is 0 Å². The van der Waals surface area contributed by atoms with Crippen molar-refractivity contribution in [2.45, 2.75) is 19.4 Å². The number of hydrogen-bond acceptors (Lipinski definition) is 5. The van der Waals surface area contributed by atoms with E-state index < -0.39 is 5.60 Å². The highest BCUT2D eigenvalue weighted by atomic mass is 16.6. The van der Waals surface area contributed by atoms with Crippen molar-refractivity contribution < 1.29 is 9.53 Å². The Kier molecular flexibility index (Phi) is 2.12. The number of aromatic nitrogens is 1. The number of carbonyl (C=O) groups excluding carboxylic acids is 1. The number of fused-ring (bicyclic) bond motifs is 1. The van der Waals surface area contributed by atoms with Gasteiger partial charge in [0.05, 0.1) is 0 Å². The first-order chi connectivity index (χ1) is 7.06. The maximum absolute atomic E-state index is 11.6. The first-order valence-corrected chi connectivity index (χ1v) is 4.72. The molecular formula is C10H13N3O2. The molecule has 0 spiro atoms. The molecule has 80 valence electrons. The van der Waals surface area contributed by atoms with E-state index in [4.69, 9.17) is 4.74 Å². The molecule has 0 saturated carbocycles. The topological polar surface area (TPSA) is 63.2 Å². The molecule has 0 aromatic carbocycles. The molecule has 2 N–H and O–H groups in total. The Morgan fingerprint density at radius 2 is 2.20 bits per heavy atom. The molecule has 0 unspecified atom stereocenters. The smallest absolute Gasteiger partial charge is 0.343 e. The van der Waals surface area contributed by atoms with Gasteiger partial charge in [-0.3, -0.25) is 0 Å². The van der Waals surface area contributed by atoms with E-state index in [-0.39, 0.29) is 5.97 Å². The predicted molar refractivity (Wildman–Crippen MR) is 55.4 cm³/mol. The third kappa shape index (κ3) is 1.45. The number of anilines is 1. The third-order valence-electron chi connectivity index (χ3n) is 2.39. The molecule has 2 rings (SSSR count). The lowest BCUT2D eigenvalue weighted by Gasteiger charge is -2.17. The first kappa shape index (κ1) is 9.92. The normalized spacial score (nSPS) is 17.1. The van der Waals surface area contributed by atoms with Crippen LogP contribution < -0.4 is 10.9 Å². The fourth-order valence-electron chi connectivity index (χ4n) is 1.72. The van der Waals surface area contributed by atoms with Gasteiger partial charge in [0.1, 0.15) is 11.2 Å². The highest BCUT2D eigenvalue weighted by Gasteiger charge is 2.39. The average molecular weight is 207 g/mol. The van der Waals surface area contributed by atoms with Crippen molar-refractivity contribution in [3.63, 3.8) is 0 Å². The number of hydrazine groups is 1. The lowest BCUT2D eigenvalue weighted by atomic mass is 9.97. The Labute approximate surface area is 87.8 Å². The van der Waals surface area contributed by atoms with Crippen LogP contribution in [0, 0.1) is 0 Å². The molecule has 5 nitrogen and oxygen atoms in total. The number of esters is 1. The number of pyridine rings is 1. The molecule has 0 bridgehead atoms. The van der Waals surface area contributed by atoms with Crippen LogP contribution in [-0.4, -0.2) is 18.0 Å². The van der Waals surface area contributed by atoms with Gasteiger partial charge in [0.15, 0.2) is 5.82 Å². The minimum absolute atomic E-state index is 0.333. The van der Waals surface area contributed by atoms with E-state index in [1.54, 1.807) is 19.3 Å². The summed E-state index contributed by atoms with van der Waals surface area (Å²) >= 11 is 0. The second kappa shape index (κ2) is 3.20. The molecule has 0 saturated heterocycles. The Morgan fingerprint density at radius 1 is 1.47 bits per heavy atom. The van der Waals surface area contributed by atoms with Gasteiger partial charge in [-0.25, -0.2) is 15.2 Å². The van der Waals surface area contributed by atoms with Crippen molar-refractivity contribution in [2.24, 2.45) is 0 Å². The SMILES string of the molecule is CNNc1nccc2c1C(=O)OC2(C)C. The Balaban J connectivity index is 2.57. The van der Waals surface area contributed by atoms with Gasteiger partial charge >= 0.3 is 5.97 Å². The van der Waals surface area contributed by atoms with Gasteiger partial charge < -0.3 is 10.2 Å². The third-order valence-corrected chi connectivity index (χ3v) is 2.39. The zero-order valence-corrected chi connectivity index (χ0v) is 8.92. The van der Waals surface area contributed by atoms with Gasteiger partial charge in [0.2, 0.25) is 0 Å². The number of carbonyl (C=O) groups is 1. The second-order valence-corrected chi connectivity index (χ2v) is 3.86. The number of nitrogens with one attached hydrogen (secondary N) is 2. The van der Waals surface area contributed by atoms with Crippen molar-refractivity contribution >= 4 is 11.8 Å². The number of cyclic esters (lactones) is 1. The minimum atomic E-state index is -0.570. The van der Waals surface area contributed by atoms with Crippen LogP contribution in [-0.2, 0) is 10.3 Å². The molecule has 15 heavy (non-hydrogen) atoms. The molecule has 2 heterocycles. The van der Waals surface area contributed by atoms with Gasteiger partial charge in [0, 0.05) is 18.8 Å². The zero-order chi connectivity index (χ0) is 11.1. The summed E-state index contributed by atoms with van der Waals surface area (Å²) in [6.07, 6.45) is 1.65. The van der Waals surface area contributed by atoms with Crippen molar-refractivity contribution in [3.05, 3.63) is 23.4 Å². The van der Waals surface area contributed by atoms with Crippen molar-refractivity contribution in [1.82, 2.24) is 10.4 Å². The summed E-state index contributed by atoms with van der Waals surface area (Å²) in [6.45, 7) is 3.72. The highest BCUT2D eigenvalue weighted by molar-refractivity contribution is 5.99. The summed E-state index contributed by atoms with van der Waals surface area (Å²) in [4.78, 5) is 15.7. The quantitative estimate of drug-likeness (QED) is 0.560. The van der Waals surface area contributed by atoms with Crippen LogP contribution >= 0.6 is 0 Å². The van der Waals surface area contributed by atoms with Crippen LogP contribution in [0.4, 0.5) is 5.82 Å². The van der Waals surface area contributed by atoms with E-state index in [0.29, 0.717) is 11.4 Å². The lowest BCUT2D eigenvalue weighted by molar-refractivity contribution is 0.00958. The average Bonchev–Trinajstić information content (AvgIpc) is 2.39. The van der Waals surface area contributed by atoms with E-state index in [1.165, 1.54) is 0 Å². The highest BCUT2D eigenvalue weighted by Crippen LogP contribution is 2.37. The van der Waals surface area contributed by atoms with E-state index in [1.807, 2.05) is 13.8 Å². The van der Waals surface area contributed by atoms with E-state index in [2.05, 4.69) is 15.8 Å². The van der Waals surface area contributed by atoms with Crippen LogP contribution in [0.25, 0.3) is 0 Å². The van der Waals surface area contributed by atoms with Crippen LogP contribution in [0.1, 0.15) is 29.8 Å².